The molecule has 9 heavy (non-hydrogen) atoms. The van der Waals surface area contributed by atoms with Crippen molar-refractivity contribution in [3.8, 4) is 0 Å². The van der Waals surface area contributed by atoms with Crippen LogP contribution in [-0.2, 0) is 20.0 Å². The molecule has 0 N–H and O–H groups in total. The summed E-state index contributed by atoms with van der Waals surface area (Å²) in [4.78, 5) is 0. The summed E-state index contributed by atoms with van der Waals surface area (Å²) in [7, 11) is -1.29. The Balaban J connectivity index is 3.39. The molecular weight excluding hydrogens is 172 g/mol. The van der Waals surface area contributed by atoms with E-state index in [1.165, 1.54) is 0 Å². The van der Waals surface area contributed by atoms with Gasteiger partial charge in [-0.05, 0) is 0 Å². The Morgan fingerprint density at radius 1 is 1.56 bits per heavy atom. The van der Waals surface area contributed by atoms with Crippen molar-refractivity contribution in [2.24, 2.45) is 0 Å². The Bertz CT molecular complexity index is 122. The van der Waals surface area contributed by atoms with Crippen molar-refractivity contribution in [2.75, 3.05) is 6.61 Å². The van der Waals surface area contributed by atoms with Gasteiger partial charge in [0.2, 0.25) is 0 Å². The second kappa shape index (κ2) is 4.21. The molecule has 0 rings (SSSR count). The maximum atomic E-state index is 5.45. The fourth-order valence-electron chi connectivity index (χ4n) is 0.321. The van der Waals surface area contributed by atoms with Crippen molar-refractivity contribution in [3.63, 3.8) is 0 Å². The van der Waals surface area contributed by atoms with Crippen LogP contribution < -0.4 is 0 Å². The number of hydrogen-bond donors (Lipinski definition) is 0. The topological polar surface area (TPSA) is 9.23 Å². The molecule has 0 saturated carbocycles. The van der Waals surface area contributed by atoms with Gasteiger partial charge in [-0.3, -0.25) is 0 Å². The normalized spacial score (nSPS) is 10.6. The van der Waals surface area contributed by atoms with Crippen LogP contribution >= 0.6 is 0 Å². The van der Waals surface area contributed by atoms with Crippen molar-refractivity contribution >= 4 is 12.9 Å². The van der Waals surface area contributed by atoms with Gasteiger partial charge < -0.3 is 0 Å². The minimum atomic E-state index is -1.29. The van der Waals surface area contributed by atoms with E-state index in [0.29, 0.717) is 6.61 Å². The quantitative estimate of drug-likeness (QED) is 0.601. The summed E-state index contributed by atoms with van der Waals surface area (Å²) in [5, 5.41) is 0. The summed E-state index contributed by atoms with van der Waals surface area (Å²) in [6.45, 7) is 7.14. The fourth-order valence-corrected chi connectivity index (χ4v) is 0.996. The maximum absolute atomic E-state index is 5.45. The molecule has 0 spiro atoms. The van der Waals surface area contributed by atoms with Gasteiger partial charge in [0.25, 0.3) is 0 Å². The van der Waals surface area contributed by atoms with E-state index in [4.69, 9.17) is 4.43 Å². The van der Waals surface area contributed by atoms with Crippen LogP contribution in [0.25, 0.3) is 0 Å². The van der Waals surface area contributed by atoms with Gasteiger partial charge in [-0.15, -0.1) is 0 Å². The average molecular weight is 184 g/mol. The Morgan fingerprint density at radius 3 is 2.44 bits per heavy atom. The molecule has 0 amide bonds. The average Bonchev–Trinajstić information content (AvgIpc) is 1.63. The Kier molecular flexibility index (Phi) is 4.37. The molecule has 3 heteroatoms. The third-order valence-electron chi connectivity index (χ3n) is 0.672. The fraction of sp³-hybridized carbons (Fsp3) is 0.667. The van der Waals surface area contributed by atoms with Crippen LogP contribution in [0, 0.1) is 0 Å². The van der Waals surface area contributed by atoms with E-state index < -0.39 is 8.32 Å². The molecular formula is C6H12FeOSi+. The van der Waals surface area contributed by atoms with E-state index in [-0.39, 0.29) is 0 Å². The van der Waals surface area contributed by atoms with Crippen molar-refractivity contribution in [1.82, 2.24) is 0 Å². The zero-order chi connectivity index (χ0) is 7.33. The first-order chi connectivity index (χ1) is 4.06. The molecule has 53 valence electrons. The minimum absolute atomic E-state index is 0.666. The molecule has 1 nitrogen and oxygen atoms in total. The molecule has 0 aliphatic heterocycles. The first-order valence-corrected chi connectivity index (χ1v) is 6.83. The van der Waals surface area contributed by atoms with E-state index in [1.54, 1.807) is 6.08 Å². The van der Waals surface area contributed by atoms with Gasteiger partial charge in [-0.2, -0.15) is 0 Å². The van der Waals surface area contributed by atoms with Crippen molar-refractivity contribution < 1.29 is 20.0 Å². The van der Waals surface area contributed by atoms with Gasteiger partial charge >= 0.3 is 65.2 Å². The molecule has 0 aromatic carbocycles. The van der Waals surface area contributed by atoms with Gasteiger partial charge in [0.15, 0.2) is 0 Å². The van der Waals surface area contributed by atoms with Gasteiger partial charge in [0.05, 0.1) is 0 Å². The Morgan fingerprint density at radius 2 is 2.11 bits per heavy atom. The van der Waals surface area contributed by atoms with Crippen molar-refractivity contribution in [1.29, 1.82) is 0 Å². The van der Waals surface area contributed by atoms with Crippen LogP contribution in [0.2, 0.25) is 19.6 Å². The molecule has 0 saturated heterocycles. The van der Waals surface area contributed by atoms with Crippen LogP contribution in [0.15, 0.2) is 6.08 Å². The molecule has 0 aliphatic rings. The molecule has 0 heterocycles. The zero-order valence-corrected chi connectivity index (χ0v) is 8.15. The Hall–Kier alpha value is 0.346. The second-order valence-electron chi connectivity index (χ2n) is 2.73. The first-order valence-electron chi connectivity index (χ1n) is 2.87. The van der Waals surface area contributed by atoms with Crippen LogP contribution in [0.5, 0.6) is 0 Å². The molecule has 0 fully saturated rings. The van der Waals surface area contributed by atoms with E-state index in [1.807, 2.05) is 0 Å². The van der Waals surface area contributed by atoms with Gasteiger partial charge in [-0.1, -0.05) is 0 Å². The third kappa shape index (κ3) is 8.35. The molecule has 0 bridgehead atoms. The summed E-state index contributed by atoms with van der Waals surface area (Å²) in [5.74, 6) is 0. The standard InChI is InChI=1S/C6H12OSi.Fe/c1-5-6-7-8(2,3)4;/h5H,6H2,2-4H3;/q;+1. The number of hydrogen-bond acceptors (Lipinski definition) is 1. The van der Waals surface area contributed by atoms with Gasteiger partial charge in [0.1, 0.15) is 0 Å². The van der Waals surface area contributed by atoms with Crippen molar-refractivity contribution in [2.45, 2.75) is 19.6 Å². The molecule has 0 radical (unpaired) electrons. The molecule has 0 aliphatic carbocycles. The second-order valence-corrected chi connectivity index (χ2v) is 7.56. The number of rotatable bonds is 3. The van der Waals surface area contributed by atoms with Crippen molar-refractivity contribution in [3.05, 3.63) is 6.08 Å². The van der Waals surface area contributed by atoms with Crippen LogP contribution in [-0.4, -0.2) is 19.5 Å². The first kappa shape index (κ1) is 9.35. The monoisotopic (exact) mass is 184 g/mol. The summed E-state index contributed by atoms with van der Waals surface area (Å²) in [6.07, 6.45) is 1.80. The van der Waals surface area contributed by atoms with Crippen LogP contribution in [0.3, 0.4) is 0 Å². The summed E-state index contributed by atoms with van der Waals surface area (Å²) in [6, 6.07) is 0. The molecule has 0 atom stereocenters. The van der Waals surface area contributed by atoms with Gasteiger partial charge in [-0.25, -0.2) is 0 Å². The summed E-state index contributed by atoms with van der Waals surface area (Å²) < 4.78 is 8.11. The molecule has 0 aromatic heterocycles. The molecule has 0 unspecified atom stereocenters. The van der Waals surface area contributed by atoms with Crippen LogP contribution in [0.1, 0.15) is 0 Å². The van der Waals surface area contributed by atoms with E-state index >= 15 is 0 Å². The zero-order valence-electron chi connectivity index (χ0n) is 6.05. The molecule has 0 aromatic rings. The Labute approximate surface area is 65.6 Å². The van der Waals surface area contributed by atoms with E-state index in [0.717, 1.165) is 0 Å². The third-order valence-corrected chi connectivity index (χ3v) is 1.93. The van der Waals surface area contributed by atoms with E-state index in [2.05, 4.69) is 39.8 Å². The summed E-state index contributed by atoms with van der Waals surface area (Å²) >= 11 is 3.44. The van der Waals surface area contributed by atoms with Gasteiger partial charge in [0, 0.05) is 0 Å². The SMILES string of the molecule is C[Si](C)(C)OCC=[C]=[Fe+]. The van der Waals surface area contributed by atoms with E-state index in [9.17, 15) is 0 Å². The predicted molar refractivity (Wildman–Crippen MR) is 38.9 cm³/mol. The summed E-state index contributed by atoms with van der Waals surface area (Å²) in [5.41, 5.74) is 0. The predicted octanol–water partition coefficient (Wildman–Crippen LogP) is 1.34. The van der Waals surface area contributed by atoms with Crippen LogP contribution in [0.4, 0.5) is 0 Å².